The molecule has 0 atom stereocenters. The predicted octanol–water partition coefficient (Wildman–Crippen LogP) is 3.44. The molecule has 2 rings (SSSR count). The van der Waals surface area contributed by atoms with Gasteiger partial charge in [-0.05, 0) is 29.8 Å². The van der Waals surface area contributed by atoms with E-state index in [0.29, 0.717) is 23.0 Å². The van der Waals surface area contributed by atoms with E-state index in [2.05, 4.69) is 0 Å². The lowest BCUT2D eigenvalue weighted by atomic mass is 10.0. The SMILES string of the molecule is COc1ccc(-c2ccc(OC)c(OC)c2)c(OC(=O)N(C)C)c1. The molecule has 0 bridgehead atoms. The molecule has 0 heterocycles. The number of hydrogen-bond acceptors (Lipinski definition) is 5. The Morgan fingerprint density at radius 1 is 0.833 bits per heavy atom. The molecule has 0 saturated carbocycles. The van der Waals surface area contributed by atoms with E-state index in [1.54, 1.807) is 53.6 Å². The van der Waals surface area contributed by atoms with Crippen LogP contribution in [0.2, 0.25) is 0 Å². The number of nitrogens with zero attached hydrogens (tertiary/aromatic N) is 1. The van der Waals surface area contributed by atoms with Crippen LogP contribution in [0.3, 0.4) is 0 Å². The van der Waals surface area contributed by atoms with Crippen LogP contribution >= 0.6 is 0 Å². The normalized spacial score (nSPS) is 10.0. The highest BCUT2D eigenvalue weighted by Crippen LogP contribution is 2.38. The Labute approximate surface area is 141 Å². The first kappa shape index (κ1) is 17.5. The summed E-state index contributed by atoms with van der Waals surface area (Å²) in [6, 6.07) is 10.8. The summed E-state index contributed by atoms with van der Waals surface area (Å²) < 4.78 is 21.3. The molecule has 0 aliphatic heterocycles. The molecule has 6 heteroatoms. The maximum absolute atomic E-state index is 11.9. The van der Waals surface area contributed by atoms with Gasteiger partial charge in [0.1, 0.15) is 11.5 Å². The molecule has 0 radical (unpaired) electrons. The average molecular weight is 331 g/mol. The van der Waals surface area contributed by atoms with Crippen molar-refractivity contribution in [2.75, 3.05) is 35.4 Å². The van der Waals surface area contributed by atoms with Crippen molar-refractivity contribution >= 4 is 6.09 Å². The average Bonchev–Trinajstić information content (AvgIpc) is 2.60. The third-order valence-corrected chi connectivity index (χ3v) is 3.45. The molecule has 0 saturated heterocycles. The maximum atomic E-state index is 11.9. The quantitative estimate of drug-likeness (QED) is 0.840. The monoisotopic (exact) mass is 331 g/mol. The van der Waals surface area contributed by atoms with E-state index in [1.165, 1.54) is 4.90 Å². The van der Waals surface area contributed by atoms with Crippen LogP contribution < -0.4 is 18.9 Å². The third kappa shape index (κ3) is 3.71. The Morgan fingerprint density at radius 2 is 1.54 bits per heavy atom. The molecule has 2 aromatic rings. The van der Waals surface area contributed by atoms with Gasteiger partial charge < -0.3 is 23.8 Å². The lowest BCUT2D eigenvalue weighted by Gasteiger charge is -2.16. The van der Waals surface area contributed by atoms with Crippen molar-refractivity contribution in [3.63, 3.8) is 0 Å². The standard InChI is InChI=1S/C18H21NO5/c1-19(2)18(20)24-16-11-13(21-3)7-8-14(16)12-6-9-15(22-4)17(10-12)23-5/h6-11H,1-5H3. The number of methoxy groups -OCH3 is 3. The van der Waals surface area contributed by atoms with Crippen molar-refractivity contribution in [1.29, 1.82) is 0 Å². The summed E-state index contributed by atoms with van der Waals surface area (Å²) in [5.41, 5.74) is 1.57. The Balaban J connectivity index is 2.50. The summed E-state index contributed by atoms with van der Waals surface area (Å²) in [7, 11) is 7.96. The highest BCUT2D eigenvalue weighted by Gasteiger charge is 2.15. The van der Waals surface area contributed by atoms with E-state index in [1.807, 2.05) is 18.2 Å². The van der Waals surface area contributed by atoms with Crippen molar-refractivity contribution in [2.24, 2.45) is 0 Å². The fourth-order valence-electron chi connectivity index (χ4n) is 2.14. The van der Waals surface area contributed by atoms with Crippen molar-refractivity contribution in [3.8, 4) is 34.1 Å². The van der Waals surface area contributed by atoms with Crippen LogP contribution in [-0.2, 0) is 0 Å². The maximum Gasteiger partial charge on any atom is 0.414 e. The first-order valence-electron chi connectivity index (χ1n) is 7.29. The van der Waals surface area contributed by atoms with Gasteiger partial charge in [0, 0.05) is 25.7 Å². The van der Waals surface area contributed by atoms with E-state index in [9.17, 15) is 4.79 Å². The molecule has 0 spiro atoms. The molecule has 128 valence electrons. The van der Waals surface area contributed by atoms with Crippen LogP contribution in [0.25, 0.3) is 11.1 Å². The van der Waals surface area contributed by atoms with Gasteiger partial charge in [-0.1, -0.05) is 6.07 Å². The Morgan fingerprint density at radius 3 is 2.12 bits per heavy atom. The van der Waals surface area contributed by atoms with Crippen molar-refractivity contribution in [2.45, 2.75) is 0 Å². The molecule has 0 unspecified atom stereocenters. The van der Waals surface area contributed by atoms with Crippen molar-refractivity contribution in [3.05, 3.63) is 36.4 Å². The highest BCUT2D eigenvalue weighted by molar-refractivity contribution is 5.78. The Kier molecular flexibility index (Phi) is 5.52. The zero-order valence-corrected chi connectivity index (χ0v) is 14.5. The van der Waals surface area contributed by atoms with Gasteiger partial charge in [-0.25, -0.2) is 4.79 Å². The Hall–Kier alpha value is -2.89. The molecule has 0 aromatic heterocycles. The van der Waals surface area contributed by atoms with E-state index < -0.39 is 6.09 Å². The molecular formula is C18H21NO5. The smallest absolute Gasteiger partial charge is 0.414 e. The van der Waals surface area contributed by atoms with Crippen LogP contribution in [0.5, 0.6) is 23.0 Å². The number of hydrogen-bond donors (Lipinski definition) is 0. The van der Waals surface area contributed by atoms with Crippen LogP contribution in [0.15, 0.2) is 36.4 Å². The number of rotatable bonds is 5. The lowest BCUT2D eigenvalue weighted by Crippen LogP contribution is -2.25. The van der Waals surface area contributed by atoms with Gasteiger partial charge in [-0.15, -0.1) is 0 Å². The summed E-state index contributed by atoms with van der Waals surface area (Å²) in [6.07, 6.45) is -0.468. The van der Waals surface area contributed by atoms with Crippen LogP contribution in [0.4, 0.5) is 4.79 Å². The van der Waals surface area contributed by atoms with Gasteiger partial charge in [-0.3, -0.25) is 0 Å². The first-order chi connectivity index (χ1) is 11.5. The van der Waals surface area contributed by atoms with Crippen LogP contribution in [-0.4, -0.2) is 46.4 Å². The van der Waals surface area contributed by atoms with E-state index in [-0.39, 0.29) is 0 Å². The lowest BCUT2D eigenvalue weighted by molar-refractivity contribution is 0.172. The van der Waals surface area contributed by atoms with Gasteiger partial charge in [0.25, 0.3) is 0 Å². The molecule has 0 N–H and O–H groups in total. The number of ether oxygens (including phenoxy) is 4. The largest absolute Gasteiger partial charge is 0.497 e. The second-order valence-corrected chi connectivity index (χ2v) is 5.19. The van der Waals surface area contributed by atoms with Gasteiger partial charge >= 0.3 is 6.09 Å². The minimum atomic E-state index is -0.468. The molecule has 0 fully saturated rings. The minimum absolute atomic E-state index is 0.403. The molecule has 24 heavy (non-hydrogen) atoms. The molecule has 0 aliphatic rings. The van der Waals surface area contributed by atoms with E-state index in [0.717, 1.165) is 11.1 Å². The van der Waals surface area contributed by atoms with E-state index in [4.69, 9.17) is 18.9 Å². The second-order valence-electron chi connectivity index (χ2n) is 5.19. The molecule has 1 amide bonds. The molecule has 6 nitrogen and oxygen atoms in total. The topological polar surface area (TPSA) is 57.2 Å². The summed E-state index contributed by atoms with van der Waals surface area (Å²) in [5.74, 6) is 2.22. The first-order valence-corrected chi connectivity index (χ1v) is 7.29. The zero-order chi connectivity index (χ0) is 17.7. The second kappa shape index (κ2) is 7.59. The summed E-state index contributed by atoms with van der Waals surface area (Å²) >= 11 is 0. The predicted molar refractivity (Wildman–Crippen MR) is 91.2 cm³/mol. The number of carbonyl (C=O) groups excluding carboxylic acids is 1. The van der Waals surface area contributed by atoms with E-state index >= 15 is 0 Å². The summed E-state index contributed by atoms with van der Waals surface area (Å²) in [6.45, 7) is 0. The Bertz CT molecular complexity index is 727. The third-order valence-electron chi connectivity index (χ3n) is 3.45. The summed E-state index contributed by atoms with van der Waals surface area (Å²) in [5, 5.41) is 0. The highest BCUT2D eigenvalue weighted by atomic mass is 16.6. The van der Waals surface area contributed by atoms with Crippen molar-refractivity contribution < 1.29 is 23.7 Å². The zero-order valence-electron chi connectivity index (χ0n) is 14.5. The van der Waals surface area contributed by atoms with Gasteiger partial charge in [0.05, 0.1) is 21.3 Å². The summed E-state index contributed by atoms with van der Waals surface area (Å²) in [4.78, 5) is 13.3. The van der Waals surface area contributed by atoms with Crippen LogP contribution in [0.1, 0.15) is 0 Å². The molecular weight excluding hydrogens is 310 g/mol. The number of carbonyl (C=O) groups is 1. The van der Waals surface area contributed by atoms with Crippen molar-refractivity contribution in [1.82, 2.24) is 4.90 Å². The molecule has 0 aliphatic carbocycles. The van der Waals surface area contributed by atoms with Gasteiger partial charge in [-0.2, -0.15) is 0 Å². The molecule has 2 aromatic carbocycles. The van der Waals surface area contributed by atoms with Gasteiger partial charge in [0.2, 0.25) is 0 Å². The van der Waals surface area contributed by atoms with Crippen LogP contribution in [0, 0.1) is 0 Å². The fraction of sp³-hybridized carbons (Fsp3) is 0.278. The number of benzene rings is 2. The van der Waals surface area contributed by atoms with Gasteiger partial charge in [0.15, 0.2) is 11.5 Å². The fourth-order valence-corrected chi connectivity index (χ4v) is 2.14. The minimum Gasteiger partial charge on any atom is -0.497 e. The number of amides is 1.